The van der Waals surface area contributed by atoms with Crippen LogP contribution in [0.2, 0.25) is 0 Å². The van der Waals surface area contributed by atoms with Crippen molar-refractivity contribution in [2.75, 3.05) is 6.61 Å². The number of aliphatic hydroxyl groups is 1. The third-order valence-electron chi connectivity index (χ3n) is 2.98. The van der Waals surface area contributed by atoms with Gasteiger partial charge in [-0.25, -0.2) is 0 Å². The molecule has 0 radical (unpaired) electrons. The van der Waals surface area contributed by atoms with Crippen LogP contribution >= 0.6 is 0 Å². The zero-order valence-electron chi connectivity index (χ0n) is 10.2. The fourth-order valence-corrected chi connectivity index (χ4v) is 2.15. The Bertz CT molecular complexity index is 401. The Morgan fingerprint density at radius 3 is 3.12 bits per heavy atom. The molecule has 1 aromatic heterocycles. The highest BCUT2D eigenvalue weighted by Crippen LogP contribution is 2.27. The summed E-state index contributed by atoms with van der Waals surface area (Å²) in [6, 6.07) is 2.00. The Balaban J connectivity index is 2.22. The molecule has 0 amide bonds. The number of hydrogen-bond acceptors (Lipinski definition) is 3. The maximum atomic E-state index is 9.77. The molecule has 1 unspecified atom stereocenters. The molecule has 1 aliphatic rings. The first-order chi connectivity index (χ1) is 8.29. The summed E-state index contributed by atoms with van der Waals surface area (Å²) in [5, 5.41) is 9.77. The Morgan fingerprint density at radius 2 is 2.29 bits per heavy atom. The molecule has 92 valence electrons. The van der Waals surface area contributed by atoms with E-state index in [4.69, 9.17) is 4.74 Å². The van der Waals surface area contributed by atoms with E-state index >= 15 is 0 Å². The molecular weight excluding hydrogens is 214 g/mol. The smallest absolute Gasteiger partial charge is 0.138 e. The average Bonchev–Trinajstić information content (AvgIpc) is 2.55. The minimum atomic E-state index is -0.316. The predicted octanol–water partition coefficient (Wildman–Crippen LogP) is 2.80. The van der Waals surface area contributed by atoms with Gasteiger partial charge in [-0.3, -0.25) is 4.98 Å². The molecule has 3 nitrogen and oxygen atoms in total. The van der Waals surface area contributed by atoms with E-state index in [2.05, 4.69) is 4.98 Å². The molecule has 0 saturated heterocycles. The molecule has 1 aromatic rings. The number of pyridine rings is 1. The molecule has 0 aliphatic heterocycles. The van der Waals surface area contributed by atoms with Crippen LogP contribution < -0.4 is 4.74 Å². The molecule has 1 atom stereocenters. The number of aromatic nitrogens is 1. The maximum Gasteiger partial charge on any atom is 0.138 e. The van der Waals surface area contributed by atoms with Gasteiger partial charge in [-0.1, -0.05) is 12.5 Å². The number of allylic oxidation sites excluding steroid dienone is 1. The van der Waals surface area contributed by atoms with Crippen LogP contribution in [-0.4, -0.2) is 22.8 Å². The van der Waals surface area contributed by atoms with Crippen molar-refractivity contribution in [3.8, 4) is 5.75 Å². The second-order valence-electron chi connectivity index (χ2n) is 4.35. The van der Waals surface area contributed by atoms with E-state index in [1.165, 1.54) is 5.57 Å². The normalized spacial score (nSPS) is 20.6. The third kappa shape index (κ3) is 3.30. The van der Waals surface area contributed by atoms with Gasteiger partial charge in [0.1, 0.15) is 5.75 Å². The lowest BCUT2D eigenvalue weighted by atomic mass is 10.0. The fraction of sp³-hybridized carbons (Fsp3) is 0.500. The summed E-state index contributed by atoms with van der Waals surface area (Å²) in [7, 11) is 0. The van der Waals surface area contributed by atoms with Crippen molar-refractivity contribution in [1.82, 2.24) is 4.98 Å². The van der Waals surface area contributed by atoms with Crippen LogP contribution in [-0.2, 0) is 0 Å². The Morgan fingerprint density at radius 1 is 1.41 bits per heavy atom. The molecule has 1 heterocycles. The number of rotatable bonds is 3. The van der Waals surface area contributed by atoms with Gasteiger partial charge in [-0.05, 0) is 43.4 Å². The number of aliphatic hydroxyl groups excluding tert-OH is 1. The quantitative estimate of drug-likeness (QED) is 0.873. The predicted molar refractivity (Wildman–Crippen MR) is 67.9 cm³/mol. The van der Waals surface area contributed by atoms with E-state index in [1.54, 1.807) is 6.20 Å². The van der Waals surface area contributed by atoms with E-state index in [1.807, 2.05) is 25.3 Å². The average molecular weight is 233 g/mol. The molecular formula is C14H19NO2. The van der Waals surface area contributed by atoms with Gasteiger partial charge in [-0.2, -0.15) is 0 Å². The molecule has 0 saturated carbocycles. The fourth-order valence-electron chi connectivity index (χ4n) is 2.15. The summed E-state index contributed by atoms with van der Waals surface area (Å²) >= 11 is 0. The molecule has 1 aliphatic carbocycles. The Labute approximate surface area is 102 Å². The largest absolute Gasteiger partial charge is 0.492 e. The van der Waals surface area contributed by atoms with E-state index in [9.17, 15) is 5.11 Å². The van der Waals surface area contributed by atoms with Crippen molar-refractivity contribution in [3.63, 3.8) is 0 Å². The van der Waals surface area contributed by atoms with Gasteiger partial charge in [0.05, 0.1) is 18.9 Å². The van der Waals surface area contributed by atoms with Crippen molar-refractivity contribution < 1.29 is 9.84 Å². The molecule has 0 spiro atoms. The van der Waals surface area contributed by atoms with Crippen molar-refractivity contribution >= 4 is 5.57 Å². The van der Waals surface area contributed by atoms with Gasteiger partial charge in [0.15, 0.2) is 0 Å². The highest BCUT2D eigenvalue weighted by Gasteiger charge is 2.11. The van der Waals surface area contributed by atoms with E-state index in [0.29, 0.717) is 6.61 Å². The van der Waals surface area contributed by atoms with E-state index in [0.717, 1.165) is 37.0 Å². The summed E-state index contributed by atoms with van der Waals surface area (Å²) in [6.45, 7) is 2.61. The zero-order chi connectivity index (χ0) is 12.1. The SMILES string of the molecule is CCOc1cncc(C2=CC(O)CCCC2)c1. The van der Waals surface area contributed by atoms with Crippen molar-refractivity contribution in [2.24, 2.45) is 0 Å². The summed E-state index contributed by atoms with van der Waals surface area (Å²) in [5.41, 5.74) is 2.25. The second kappa shape index (κ2) is 5.82. The van der Waals surface area contributed by atoms with E-state index < -0.39 is 0 Å². The van der Waals surface area contributed by atoms with Gasteiger partial charge in [0, 0.05) is 6.20 Å². The van der Waals surface area contributed by atoms with Crippen LogP contribution in [0.1, 0.15) is 38.2 Å². The van der Waals surface area contributed by atoms with Crippen LogP contribution in [0.5, 0.6) is 5.75 Å². The van der Waals surface area contributed by atoms with Gasteiger partial charge in [-0.15, -0.1) is 0 Å². The van der Waals surface area contributed by atoms with Crippen LogP contribution in [0.15, 0.2) is 24.5 Å². The summed E-state index contributed by atoms with van der Waals surface area (Å²) in [5.74, 6) is 0.796. The third-order valence-corrected chi connectivity index (χ3v) is 2.98. The first-order valence-corrected chi connectivity index (χ1v) is 6.26. The highest BCUT2D eigenvalue weighted by atomic mass is 16.5. The minimum absolute atomic E-state index is 0.316. The monoisotopic (exact) mass is 233 g/mol. The number of ether oxygens (including phenoxy) is 1. The zero-order valence-corrected chi connectivity index (χ0v) is 10.2. The molecule has 0 aromatic carbocycles. The van der Waals surface area contributed by atoms with E-state index in [-0.39, 0.29) is 6.10 Å². The molecule has 1 N–H and O–H groups in total. The Hall–Kier alpha value is -1.35. The first kappa shape index (κ1) is 12.1. The topological polar surface area (TPSA) is 42.4 Å². The highest BCUT2D eigenvalue weighted by molar-refractivity contribution is 5.66. The van der Waals surface area contributed by atoms with Crippen LogP contribution in [0.25, 0.3) is 5.57 Å². The molecule has 0 bridgehead atoms. The standard InChI is InChI=1S/C14H19NO2/c1-2-17-14-8-12(9-15-10-14)11-5-3-4-6-13(16)7-11/h7-10,13,16H,2-6H2,1H3. The maximum absolute atomic E-state index is 9.77. The van der Waals surface area contributed by atoms with Gasteiger partial charge in [0.2, 0.25) is 0 Å². The van der Waals surface area contributed by atoms with Gasteiger partial charge >= 0.3 is 0 Å². The van der Waals surface area contributed by atoms with Crippen LogP contribution in [0, 0.1) is 0 Å². The van der Waals surface area contributed by atoms with Crippen molar-refractivity contribution in [2.45, 2.75) is 38.7 Å². The molecule has 0 fully saturated rings. The second-order valence-corrected chi connectivity index (χ2v) is 4.35. The number of hydrogen-bond donors (Lipinski definition) is 1. The van der Waals surface area contributed by atoms with Gasteiger partial charge < -0.3 is 9.84 Å². The van der Waals surface area contributed by atoms with Crippen molar-refractivity contribution in [1.29, 1.82) is 0 Å². The number of nitrogens with zero attached hydrogens (tertiary/aromatic N) is 1. The first-order valence-electron chi connectivity index (χ1n) is 6.26. The molecule has 3 heteroatoms. The summed E-state index contributed by atoms with van der Waals surface area (Å²) in [4.78, 5) is 4.19. The molecule has 17 heavy (non-hydrogen) atoms. The molecule has 2 rings (SSSR count). The summed E-state index contributed by atoms with van der Waals surface area (Å²) in [6.07, 6.45) is 9.29. The van der Waals surface area contributed by atoms with Crippen molar-refractivity contribution in [3.05, 3.63) is 30.1 Å². The summed E-state index contributed by atoms with van der Waals surface area (Å²) < 4.78 is 5.44. The lowest BCUT2D eigenvalue weighted by Gasteiger charge is -2.08. The Kier molecular flexibility index (Phi) is 4.15. The van der Waals surface area contributed by atoms with Gasteiger partial charge in [0.25, 0.3) is 0 Å². The van der Waals surface area contributed by atoms with Crippen LogP contribution in [0.3, 0.4) is 0 Å². The van der Waals surface area contributed by atoms with Crippen LogP contribution in [0.4, 0.5) is 0 Å². The lowest BCUT2D eigenvalue weighted by Crippen LogP contribution is -2.00. The minimum Gasteiger partial charge on any atom is -0.492 e. The lowest BCUT2D eigenvalue weighted by molar-refractivity contribution is 0.211.